The van der Waals surface area contributed by atoms with Crippen LogP contribution in [0.15, 0.2) is 48.5 Å². The van der Waals surface area contributed by atoms with Crippen molar-refractivity contribution in [1.29, 1.82) is 0 Å². The lowest BCUT2D eigenvalue weighted by Crippen LogP contribution is -2.42. The number of carbonyl (C=O) groups excluding carboxylic acids is 3. The van der Waals surface area contributed by atoms with Crippen LogP contribution in [0.2, 0.25) is 0 Å². The van der Waals surface area contributed by atoms with Gasteiger partial charge < -0.3 is 15.2 Å². The number of benzene rings is 2. The van der Waals surface area contributed by atoms with Gasteiger partial charge in [0.2, 0.25) is 0 Å². The first-order chi connectivity index (χ1) is 17.3. The molecule has 0 bridgehead atoms. The molecule has 0 spiro atoms. The molecule has 188 valence electrons. The van der Waals surface area contributed by atoms with Gasteiger partial charge in [-0.2, -0.15) is 0 Å². The number of hydrogen-bond donors (Lipinski definition) is 2. The molecule has 0 radical (unpaired) electrons. The van der Waals surface area contributed by atoms with Crippen LogP contribution in [-0.2, 0) is 11.2 Å². The summed E-state index contributed by atoms with van der Waals surface area (Å²) in [4.78, 5) is 46.9. The van der Waals surface area contributed by atoms with E-state index in [-0.39, 0.29) is 29.9 Å². The van der Waals surface area contributed by atoms with Crippen molar-refractivity contribution < 1.29 is 14.4 Å². The summed E-state index contributed by atoms with van der Waals surface area (Å²) < 4.78 is 0. The Kier molecular flexibility index (Phi) is 6.33. The van der Waals surface area contributed by atoms with Crippen LogP contribution >= 0.6 is 0 Å². The van der Waals surface area contributed by atoms with Crippen molar-refractivity contribution in [3.63, 3.8) is 0 Å². The molecule has 2 N–H and O–H groups in total. The quantitative estimate of drug-likeness (QED) is 0.428. The molecule has 2 aromatic carbocycles. The minimum Gasteiger partial charge on any atom is -0.356 e. The van der Waals surface area contributed by atoms with Crippen LogP contribution in [-0.4, -0.2) is 39.8 Å². The fraction of sp³-hybridized carbons (Fsp3) is 0.414. The van der Waals surface area contributed by atoms with E-state index in [0.717, 1.165) is 41.4 Å². The SMILES string of the molecule is CC(C)CCC[C@@H](C)NC(=O)c1ccccc1N1C(=O)[C@@H]2Cc3c([nH]c4ccccc34)[C@@H](C)N2C1=O. The zero-order chi connectivity index (χ0) is 25.6. The Morgan fingerprint density at radius 3 is 2.56 bits per heavy atom. The second-order valence-electron chi connectivity index (χ2n) is 10.5. The number of imide groups is 1. The summed E-state index contributed by atoms with van der Waals surface area (Å²) in [6.45, 7) is 8.33. The molecule has 0 aliphatic carbocycles. The maximum Gasteiger partial charge on any atom is 0.332 e. The number of anilines is 1. The maximum atomic E-state index is 13.7. The molecule has 2 aliphatic heterocycles. The van der Waals surface area contributed by atoms with Crippen molar-refractivity contribution in [3.8, 4) is 0 Å². The molecular weight excluding hydrogens is 452 g/mol. The molecule has 2 aliphatic rings. The summed E-state index contributed by atoms with van der Waals surface area (Å²) in [6.07, 6.45) is 3.48. The Balaban J connectivity index is 1.41. The molecule has 7 heteroatoms. The highest BCUT2D eigenvalue weighted by atomic mass is 16.2. The summed E-state index contributed by atoms with van der Waals surface area (Å²) in [5.41, 5.74) is 3.75. The van der Waals surface area contributed by atoms with E-state index in [0.29, 0.717) is 23.6 Å². The van der Waals surface area contributed by atoms with Gasteiger partial charge in [-0.3, -0.25) is 9.59 Å². The standard InChI is InChI=1S/C29H34N4O3/c1-17(2)10-9-11-18(3)30-27(34)21-13-6-8-15-24(21)33-28(35)25-16-22-20-12-5-7-14-23(20)31-26(22)19(4)32(25)29(33)36/h5-8,12-15,17-19,25,31H,9-11,16H2,1-4H3,(H,30,34)/t18-,19-,25+/m1/s1. The van der Waals surface area contributed by atoms with Crippen LogP contribution in [0.4, 0.5) is 10.5 Å². The molecule has 3 aromatic rings. The second-order valence-corrected chi connectivity index (χ2v) is 10.5. The highest BCUT2D eigenvalue weighted by Crippen LogP contribution is 2.42. The first-order valence-corrected chi connectivity index (χ1v) is 12.9. The van der Waals surface area contributed by atoms with Crippen LogP contribution in [0.25, 0.3) is 10.9 Å². The first kappa shape index (κ1) is 24.1. The van der Waals surface area contributed by atoms with Crippen molar-refractivity contribution in [3.05, 3.63) is 65.4 Å². The number of H-pyrrole nitrogens is 1. The van der Waals surface area contributed by atoms with Crippen LogP contribution in [0, 0.1) is 5.92 Å². The summed E-state index contributed by atoms with van der Waals surface area (Å²) in [7, 11) is 0. The van der Waals surface area contributed by atoms with Crippen LogP contribution < -0.4 is 10.2 Å². The summed E-state index contributed by atoms with van der Waals surface area (Å²) in [5, 5.41) is 4.15. The molecule has 0 unspecified atom stereocenters. The highest BCUT2D eigenvalue weighted by Gasteiger charge is 2.52. The third kappa shape index (κ3) is 4.06. The highest BCUT2D eigenvalue weighted by molar-refractivity contribution is 6.24. The smallest absolute Gasteiger partial charge is 0.332 e. The third-order valence-electron chi connectivity index (χ3n) is 7.52. The molecule has 3 heterocycles. The molecule has 5 rings (SSSR count). The molecule has 1 saturated heterocycles. The van der Waals surface area contributed by atoms with E-state index in [1.54, 1.807) is 29.2 Å². The largest absolute Gasteiger partial charge is 0.356 e. The normalized spacial score (nSPS) is 20.1. The number of amides is 4. The number of para-hydroxylation sites is 2. The van der Waals surface area contributed by atoms with Crippen molar-refractivity contribution in [2.45, 2.75) is 71.5 Å². The summed E-state index contributed by atoms with van der Waals surface area (Å²) in [6, 6.07) is 13.7. The molecule has 3 atom stereocenters. The molecule has 7 nitrogen and oxygen atoms in total. The Morgan fingerprint density at radius 1 is 1.06 bits per heavy atom. The predicted octanol–water partition coefficient (Wildman–Crippen LogP) is 5.57. The maximum absolute atomic E-state index is 13.7. The average Bonchev–Trinajstić information content (AvgIpc) is 3.34. The lowest BCUT2D eigenvalue weighted by molar-refractivity contribution is -0.120. The van der Waals surface area contributed by atoms with Gasteiger partial charge in [-0.1, -0.05) is 57.0 Å². The monoisotopic (exact) mass is 486 g/mol. The van der Waals surface area contributed by atoms with Crippen LogP contribution in [0.1, 0.15) is 74.6 Å². The van der Waals surface area contributed by atoms with Gasteiger partial charge in [0, 0.05) is 29.1 Å². The van der Waals surface area contributed by atoms with Gasteiger partial charge in [0.05, 0.1) is 17.3 Å². The van der Waals surface area contributed by atoms with Crippen LogP contribution in [0.3, 0.4) is 0 Å². The summed E-state index contributed by atoms with van der Waals surface area (Å²) in [5.74, 6) is 0.0756. The number of urea groups is 1. The van der Waals surface area contributed by atoms with Crippen molar-refractivity contribution in [2.24, 2.45) is 5.92 Å². The number of rotatable bonds is 7. The third-order valence-corrected chi connectivity index (χ3v) is 7.52. The number of fused-ring (bicyclic) bond motifs is 4. The van der Waals surface area contributed by atoms with E-state index in [1.165, 1.54) is 4.90 Å². The fourth-order valence-corrected chi connectivity index (χ4v) is 5.65. The number of hydrogen-bond acceptors (Lipinski definition) is 3. The Bertz CT molecular complexity index is 1330. The Hall–Kier alpha value is -3.61. The van der Waals surface area contributed by atoms with Gasteiger partial charge in [-0.05, 0) is 49.9 Å². The number of aromatic amines is 1. The van der Waals surface area contributed by atoms with E-state index in [4.69, 9.17) is 0 Å². The van der Waals surface area contributed by atoms with E-state index >= 15 is 0 Å². The van der Waals surface area contributed by atoms with E-state index in [1.807, 2.05) is 38.1 Å². The van der Waals surface area contributed by atoms with Gasteiger partial charge in [-0.15, -0.1) is 0 Å². The molecule has 36 heavy (non-hydrogen) atoms. The number of nitrogens with one attached hydrogen (secondary N) is 2. The van der Waals surface area contributed by atoms with Gasteiger partial charge >= 0.3 is 6.03 Å². The van der Waals surface area contributed by atoms with Gasteiger partial charge in [0.15, 0.2) is 0 Å². The minimum atomic E-state index is -0.592. The Labute approximate surface area is 211 Å². The van der Waals surface area contributed by atoms with Crippen LogP contribution in [0.5, 0.6) is 0 Å². The number of carbonyl (C=O) groups is 3. The zero-order valence-corrected chi connectivity index (χ0v) is 21.4. The fourth-order valence-electron chi connectivity index (χ4n) is 5.65. The lowest BCUT2D eigenvalue weighted by Gasteiger charge is -2.33. The second kappa shape index (κ2) is 9.45. The summed E-state index contributed by atoms with van der Waals surface area (Å²) >= 11 is 0. The molecule has 4 amide bonds. The van der Waals surface area contributed by atoms with Gasteiger partial charge in [-0.25, -0.2) is 9.69 Å². The zero-order valence-electron chi connectivity index (χ0n) is 21.4. The van der Waals surface area contributed by atoms with Gasteiger partial charge in [0.25, 0.3) is 11.8 Å². The molecule has 1 aromatic heterocycles. The van der Waals surface area contributed by atoms with Crippen molar-refractivity contribution in [1.82, 2.24) is 15.2 Å². The van der Waals surface area contributed by atoms with Crippen molar-refractivity contribution in [2.75, 3.05) is 4.90 Å². The van der Waals surface area contributed by atoms with E-state index in [2.05, 4.69) is 24.1 Å². The van der Waals surface area contributed by atoms with Crippen molar-refractivity contribution >= 4 is 34.4 Å². The topological polar surface area (TPSA) is 85.5 Å². The molecular formula is C29H34N4O3. The Morgan fingerprint density at radius 2 is 1.78 bits per heavy atom. The number of aromatic nitrogens is 1. The van der Waals surface area contributed by atoms with E-state index in [9.17, 15) is 14.4 Å². The minimum absolute atomic E-state index is 0.000965. The first-order valence-electron chi connectivity index (χ1n) is 12.9. The van der Waals surface area contributed by atoms with Gasteiger partial charge in [0.1, 0.15) is 6.04 Å². The predicted molar refractivity (Wildman–Crippen MR) is 141 cm³/mol. The number of nitrogens with zero attached hydrogens (tertiary/aromatic N) is 2. The molecule has 0 saturated carbocycles. The molecule has 1 fully saturated rings. The van der Waals surface area contributed by atoms with E-state index < -0.39 is 6.04 Å². The average molecular weight is 487 g/mol. The lowest BCUT2D eigenvalue weighted by atomic mass is 9.93.